The van der Waals surface area contributed by atoms with E-state index < -0.39 is 0 Å². The summed E-state index contributed by atoms with van der Waals surface area (Å²) in [5, 5.41) is 4.54. The third-order valence-corrected chi connectivity index (χ3v) is 4.76. The van der Waals surface area contributed by atoms with Crippen LogP contribution in [0.4, 0.5) is 0 Å². The van der Waals surface area contributed by atoms with Crippen molar-refractivity contribution in [1.82, 2.24) is 10.3 Å². The second-order valence-electron chi connectivity index (χ2n) is 6.66. The van der Waals surface area contributed by atoms with Crippen LogP contribution in [0.5, 0.6) is 5.75 Å². The highest BCUT2D eigenvalue weighted by molar-refractivity contribution is 6.33. The first-order chi connectivity index (χ1) is 11.9. The normalized spacial score (nSPS) is 11.5. The maximum absolute atomic E-state index is 12.4. The number of aromatic nitrogens is 1. The number of hydrogen-bond donors (Lipinski definition) is 2. The molecule has 0 saturated carbocycles. The predicted octanol–water partition coefficient (Wildman–Crippen LogP) is 4.54. The van der Waals surface area contributed by atoms with Crippen LogP contribution in [0.3, 0.4) is 0 Å². The fourth-order valence-corrected chi connectivity index (χ4v) is 3.15. The number of rotatable bonds is 5. The molecule has 0 atom stereocenters. The van der Waals surface area contributed by atoms with Crippen LogP contribution >= 0.6 is 11.6 Å². The van der Waals surface area contributed by atoms with E-state index in [0.29, 0.717) is 17.1 Å². The molecule has 0 saturated heterocycles. The molecule has 3 rings (SSSR count). The number of hydrogen-bond acceptors (Lipinski definition) is 2. The molecule has 1 aromatic heterocycles. The van der Waals surface area contributed by atoms with Gasteiger partial charge >= 0.3 is 0 Å². The van der Waals surface area contributed by atoms with Gasteiger partial charge in [-0.05, 0) is 35.9 Å². The summed E-state index contributed by atoms with van der Waals surface area (Å²) >= 11 is 6.10. The molecule has 2 aromatic carbocycles. The minimum Gasteiger partial charge on any atom is -0.497 e. The Balaban J connectivity index is 1.82. The van der Waals surface area contributed by atoms with Crippen LogP contribution in [0.1, 0.15) is 29.8 Å². The van der Waals surface area contributed by atoms with Crippen LogP contribution in [0, 0.1) is 0 Å². The van der Waals surface area contributed by atoms with Gasteiger partial charge in [0, 0.05) is 29.1 Å². The van der Waals surface area contributed by atoms with Gasteiger partial charge in [-0.25, -0.2) is 0 Å². The zero-order chi connectivity index (χ0) is 18.0. The van der Waals surface area contributed by atoms with Crippen molar-refractivity contribution >= 4 is 28.4 Å². The number of amides is 1. The minimum atomic E-state index is -0.262. The molecule has 0 unspecified atom stereocenters. The molecule has 0 radical (unpaired) electrons. The van der Waals surface area contributed by atoms with Gasteiger partial charge in [0.2, 0.25) is 0 Å². The molecule has 4 nitrogen and oxygen atoms in total. The van der Waals surface area contributed by atoms with Gasteiger partial charge in [-0.3, -0.25) is 4.79 Å². The van der Waals surface area contributed by atoms with Gasteiger partial charge in [-0.1, -0.05) is 37.6 Å². The molecule has 2 N–H and O–H groups in total. The van der Waals surface area contributed by atoms with Crippen LogP contribution < -0.4 is 10.1 Å². The van der Waals surface area contributed by atoms with E-state index in [2.05, 4.69) is 24.1 Å². The molecule has 0 spiro atoms. The summed E-state index contributed by atoms with van der Waals surface area (Å²) in [5.41, 5.74) is 2.39. The zero-order valence-electron chi connectivity index (χ0n) is 14.5. The van der Waals surface area contributed by atoms with Gasteiger partial charge < -0.3 is 15.0 Å². The quantitative estimate of drug-likeness (QED) is 0.705. The minimum absolute atomic E-state index is 0.170. The number of aromatic amines is 1. The molecule has 3 aromatic rings. The Morgan fingerprint density at radius 1 is 1.24 bits per heavy atom. The first-order valence-electron chi connectivity index (χ1n) is 8.11. The summed E-state index contributed by atoms with van der Waals surface area (Å²) in [7, 11) is 1.66. The van der Waals surface area contributed by atoms with E-state index in [-0.39, 0.29) is 11.3 Å². The lowest BCUT2D eigenvalue weighted by Gasteiger charge is -2.25. The van der Waals surface area contributed by atoms with Crippen molar-refractivity contribution in [2.75, 3.05) is 13.7 Å². The highest BCUT2D eigenvalue weighted by Crippen LogP contribution is 2.32. The lowest BCUT2D eigenvalue weighted by Crippen LogP contribution is -2.36. The SMILES string of the molecule is COc1ccc2[nH]cc(C(C)(C)CNC(=O)c3ccccc3Cl)c2c1. The average Bonchev–Trinajstić information content (AvgIpc) is 3.04. The monoisotopic (exact) mass is 356 g/mol. The summed E-state index contributed by atoms with van der Waals surface area (Å²) in [6, 6.07) is 13.0. The van der Waals surface area contributed by atoms with Crippen LogP contribution in [-0.4, -0.2) is 24.5 Å². The number of halogens is 1. The molecular weight excluding hydrogens is 336 g/mol. The number of benzene rings is 2. The molecule has 25 heavy (non-hydrogen) atoms. The standard InChI is InChI=1S/C20H21ClN2O2/c1-20(2,12-23-19(24)14-6-4-5-7-17(14)21)16-11-22-18-9-8-13(25-3)10-15(16)18/h4-11,22H,12H2,1-3H3,(H,23,24). The van der Waals surface area contributed by atoms with Crippen molar-refractivity contribution in [3.05, 3.63) is 64.8 Å². The van der Waals surface area contributed by atoms with E-state index in [1.165, 1.54) is 0 Å². The van der Waals surface area contributed by atoms with Crippen molar-refractivity contribution in [3.8, 4) is 5.75 Å². The Bertz CT molecular complexity index is 915. The molecule has 0 aliphatic rings. The van der Waals surface area contributed by atoms with Crippen molar-refractivity contribution in [2.24, 2.45) is 0 Å². The third-order valence-electron chi connectivity index (χ3n) is 4.43. The first kappa shape index (κ1) is 17.4. The fourth-order valence-electron chi connectivity index (χ4n) is 2.92. The first-order valence-corrected chi connectivity index (χ1v) is 8.48. The number of nitrogens with one attached hydrogen (secondary N) is 2. The van der Waals surface area contributed by atoms with Crippen LogP contribution in [-0.2, 0) is 5.41 Å². The molecule has 5 heteroatoms. The van der Waals surface area contributed by atoms with Crippen molar-refractivity contribution in [1.29, 1.82) is 0 Å². The number of carbonyl (C=O) groups is 1. The maximum Gasteiger partial charge on any atom is 0.252 e. The van der Waals surface area contributed by atoms with Gasteiger partial charge in [-0.2, -0.15) is 0 Å². The van der Waals surface area contributed by atoms with Gasteiger partial charge in [0.15, 0.2) is 0 Å². The second-order valence-corrected chi connectivity index (χ2v) is 7.07. The number of H-pyrrole nitrogens is 1. The van der Waals surface area contributed by atoms with Crippen molar-refractivity contribution in [2.45, 2.75) is 19.3 Å². The van der Waals surface area contributed by atoms with Gasteiger partial charge in [0.05, 0.1) is 17.7 Å². The smallest absolute Gasteiger partial charge is 0.252 e. The van der Waals surface area contributed by atoms with E-state index in [9.17, 15) is 4.79 Å². The van der Waals surface area contributed by atoms with Crippen molar-refractivity contribution in [3.63, 3.8) is 0 Å². The Morgan fingerprint density at radius 3 is 2.72 bits per heavy atom. The van der Waals surface area contributed by atoms with Gasteiger partial charge in [0.1, 0.15) is 5.75 Å². The topological polar surface area (TPSA) is 54.1 Å². The maximum atomic E-state index is 12.4. The second kappa shape index (κ2) is 6.81. The molecule has 130 valence electrons. The lowest BCUT2D eigenvalue weighted by atomic mass is 9.84. The summed E-state index contributed by atoms with van der Waals surface area (Å²) < 4.78 is 5.33. The Morgan fingerprint density at radius 2 is 2.00 bits per heavy atom. The highest BCUT2D eigenvalue weighted by atomic mass is 35.5. The van der Waals surface area contributed by atoms with Crippen LogP contribution in [0.25, 0.3) is 10.9 Å². The van der Waals surface area contributed by atoms with E-state index in [1.54, 1.807) is 25.3 Å². The molecular formula is C20H21ClN2O2. The van der Waals surface area contributed by atoms with E-state index in [0.717, 1.165) is 22.2 Å². The molecule has 0 bridgehead atoms. The largest absolute Gasteiger partial charge is 0.497 e. The summed E-state index contributed by atoms with van der Waals surface area (Å²) in [6.07, 6.45) is 1.99. The molecule has 1 amide bonds. The zero-order valence-corrected chi connectivity index (χ0v) is 15.3. The van der Waals surface area contributed by atoms with E-state index >= 15 is 0 Å². The Hall–Kier alpha value is -2.46. The summed E-state index contributed by atoms with van der Waals surface area (Å²) in [5.74, 6) is 0.639. The van der Waals surface area contributed by atoms with Gasteiger partial charge in [0.25, 0.3) is 5.91 Å². The Labute approximate surface area is 152 Å². The average molecular weight is 357 g/mol. The number of methoxy groups -OCH3 is 1. The van der Waals surface area contributed by atoms with Crippen LogP contribution in [0.15, 0.2) is 48.7 Å². The van der Waals surface area contributed by atoms with E-state index in [4.69, 9.17) is 16.3 Å². The van der Waals surface area contributed by atoms with Crippen LogP contribution in [0.2, 0.25) is 5.02 Å². The lowest BCUT2D eigenvalue weighted by molar-refractivity contribution is 0.0946. The molecule has 0 fully saturated rings. The molecule has 0 aliphatic carbocycles. The molecule has 1 heterocycles. The summed E-state index contributed by atoms with van der Waals surface area (Å²) in [6.45, 7) is 4.69. The molecule has 0 aliphatic heterocycles. The number of fused-ring (bicyclic) bond motifs is 1. The Kier molecular flexibility index (Phi) is 4.73. The third kappa shape index (κ3) is 3.49. The van der Waals surface area contributed by atoms with Gasteiger partial charge in [-0.15, -0.1) is 0 Å². The number of carbonyl (C=O) groups excluding carboxylic acids is 1. The summed E-state index contributed by atoms with van der Waals surface area (Å²) in [4.78, 5) is 15.7. The predicted molar refractivity (Wildman–Crippen MR) is 102 cm³/mol. The fraction of sp³-hybridized carbons (Fsp3) is 0.250. The number of ether oxygens (including phenoxy) is 1. The van der Waals surface area contributed by atoms with Crippen molar-refractivity contribution < 1.29 is 9.53 Å². The van der Waals surface area contributed by atoms with E-state index in [1.807, 2.05) is 30.5 Å². The highest BCUT2D eigenvalue weighted by Gasteiger charge is 2.25.